The molecular formula is C18H14Br2N2O2S. The van der Waals surface area contributed by atoms with Crippen LogP contribution in [0, 0.1) is 0 Å². The maximum atomic E-state index is 12.2. The van der Waals surface area contributed by atoms with Gasteiger partial charge in [0.05, 0.1) is 23.7 Å². The largest absolute Gasteiger partial charge is 0.496 e. The number of benzene rings is 2. The van der Waals surface area contributed by atoms with Crippen LogP contribution in [0.15, 0.2) is 56.8 Å². The molecule has 2 aromatic carbocycles. The number of methoxy groups -OCH3 is 1. The molecular weight excluding hydrogens is 468 g/mol. The Balaban J connectivity index is 1.68. The van der Waals surface area contributed by atoms with Gasteiger partial charge in [0.25, 0.3) is 0 Å². The number of ether oxygens (including phenoxy) is 1. The summed E-state index contributed by atoms with van der Waals surface area (Å²) in [6.07, 6.45) is 0.316. The number of carbonyl (C=O) groups is 1. The predicted octanol–water partition coefficient (Wildman–Crippen LogP) is 5.52. The van der Waals surface area contributed by atoms with Crippen molar-refractivity contribution in [3.63, 3.8) is 0 Å². The molecule has 1 amide bonds. The van der Waals surface area contributed by atoms with E-state index in [-0.39, 0.29) is 5.91 Å². The van der Waals surface area contributed by atoms with E-state index in [1.54, 1.807) is 7.11 Å². The van der Waals surface area contributed by atoms with E-state index >= 15 is 0 Å². The number of carbonyl (C=O) groups excluding carboxylic acids is 1. The third kappa shape index (κ3) is 4.68. The summed E-state index contributed by atoms with van der Waals surface area (Å²) in [4.78, 5) is 16.7. The maximum Gasteiger partial charge on any atom is 0.230 e. The first-order valence-corrected chi connectivity index (χ1v) is 9.85. The summed E-state index contributed by atoms with van der Waals surface area (Å²) in [5.74, 6) is 0.682. The van der Waals surface area contributed by atoms with Gasteiger partial charge in [-0.15, -0.1) is 11.3 Å². The Morgan fingerprint density at radius 1 is 1.20 bits per heavy atom. The Bertz CT molecular complexity index is 894. The summed E-state index contributed by atoms with van der Waals surface area (Å²) in [5, 5.41) is 5.36. The summed E-state index contributed by atoms with van der Waals surface area (Å²) in [6, 6.07) is 13.5. The van der Waals surface area contributed by atoms with Crippen LogP contribution in [0.3, 0.4) is 0 Å². The van der Waals surface area contributed by atoms with E-state index in [0.717, 1.165) is 31.5 Å². The molecule has 0 aliphatic heterocycles. The molecule has 1 N–H and O–H groups in total. The van der Waals surface area contributed by atoms with Gasteiger partial charge in [-0.1, -0.05) is 28.1 Å². The minimum Gasteiger partial charge on any atom is -0.496 e. The Morgan fingerprint density at radius 2 is 1.96 bits per heavy atom. The van der Waals surface area contributed by atoms with E-state index < -0.39 is 0 Å². The molecule has 0 aliphatic rings. The van der Waals surface area contributed by atoms with Gasteiger partial charge in [0, 0.05) is 15.4 Å². The van der Waals surface area contributed by atoms with Gasteiger partial charge < -0.3 is 10.1 Å². The Hall–Kier alpha value is -1.70. The van der Waals surface area contributed by atoms with Gasteiger partial charge >= 0.3 is 0 Å². The molecule has 0 fully saturated rings. The van der Waals surface area contributed by atoms with E-state index in [1.807, 2.05) is 47.8 Å². The molecule has 3 rings (SSSR count). The molecule has 3 aromatic rings. The molecule has 0 unspecified atom stereocenters. The third-order valence-corrected chi connectivity index (χ3v) is 5.38. The van der Waals surface area contributed by atoms with Crippen LogP contribution in [0.4, 0.5) is 5.13 Å². The Morgan fingerprint density at radius 3 is 2.64 bits per heavy atom. The number of nitrogens with one attached hydrogen (secondary N) is 1. The molecule has 4 nitrogen and oxygen atoms in total. The van der Waals surface area contributed by atoms with E-state index in [4.69, 9.17) is 4.74 Å². The second-order valence-corrected chi connectivity index (χ2v) is 7.87. The first kappa shape index (κ1) is 18.1. The van der Waals surface area contributed by atoms with Crippen molar-refractivity contribution >= 4 is 54.2 Å². The van der Waals surface area contributed by atoms with Gasteiger partial charge in [0.15, 0.2) is 5.13 Å². The van der Waals surface area contributed by atoms with Crippen LogP contribution in [-0.4, -0.2) is 18.0 Å². The monoisotopic (exact) mass is 480 g/mol. The van der Waals surface area contributed by atoms with E-state index in [9.17, 15) is 4.79 Å². The Labute approximate surface area is 166 Å². The van der Waals surface area contributed by atoms with Gasteiger partial charge in [0.2, 0.25) is 5.91 Å². The fourth-order valence-electron chi connectivity index (χ4n) is 2.24. The zero-order valence-corrected chi connectivity index (χ0v) is 17.2. The SMILES string of the molecule is COc1ccc(-c2csc(NC(=O)Cc3ccc(Br)cc3)n2)cc1Br. The van der Waals surface area contributed by atoms with Crippen LogP contribution in [0.25, 0.3) is 11.3 Å². The standard InChI is InChI=1S/C18H14Br2N2O2S/c1-24-16-7-4-12(9-14(16)20)15-10-25-18(21-15)22-17(23)8-11-2-5-13(19)6-3-11/h2-7,9-10H,8H2,1H3,(H,21,22,23). The number of rotatable bonds is 5. The summed E-state index contributed by atoms with van der Waals surface area (Å²) >= 11 is 8.26. The molecule has 0 saturated carbocycles. The lowest BCUT2D eigenvalue weighted by Gasteiger charge is -2.04. The molecule has 7 heteroatoms. The lowest BCUT2D eigenvalue weighted by Crippen LogP contribution is -2.14. The molecule has 0 bridgehead atoms. The molecule has 0 spiro atoms. The molecule has 0 saturated heterocycles. The minimum atomic E-state index is -0.0841. The quantitative estimate of drug-likeness (QED) is 0.521. The van der Waals surface area contributed by atoms with E-state index in [1.165, 1.54) is 11.3 Å². The van der Waals surface area contributed by atoms with Gasteiger partial charge in [-0.3, -0.25) is 4.79 Å². The van der Waals surface area contributed by atoms with Crippen LogP contribution in [0.2, 0.25) is 0 Å². The molecule has 1 heterocycles. The Kier molecular flexibility index (Phi) is 5.88. The number of hydrogen-bond acceptors (Lipinski definition) is 4. The zero-order valence-electron chi connectivity index (χ0n) is 13.3. The average Bonchev–Trinajstić information content (AvgIpc) is 3.05. The number of halogens is 2. The van der Waals surface area contributed by atoms with Gasteiger partial charge in [-0.05, 0) is 51.8 Å². The topological polar surface area (TPSA) is 51.2 Å². The van der Waals surface area contributed by atoms with E-state index in [0.29, 0.717) is 11.6 Å². The van der Waals surface area contributed by atoms with Crippen molar-refractivity contribution in [2.24, 2.45) is 0 Å². The molecule has 0 aliphatic carbocycles. The van der Waals surface area contributed by atoms with Crippen LogP contribution < -0.4 is 10.1 Å². The molecule has 0 radical (unpaired) electrons. The number of anilines is 1. The van der Waals surface area contributed by atoms with Gasteiger partial charge in [-0.2, -0.15) is 0 Å². The summed E-state index contributed by atoms with van der Waals surface area (Å²) in [7, 11) is 1.63. The number of thiazole rings is 1. The fraction of sp³-hybridized carbons (Fsp3) is 0.111. The molecule has 25 heavy (non-hydrogen) atoms. The van der Waals surface area contributed by atoms with E-state index in [2.05, 4.69) is 42.2 Å². The highest BCUT2D eigenvalue weighted by molar-refractivity contribution is 9.10. The highest BCUT2D eigenvalue weighted by Crippen LogP contribution is 2.32. The van der Waals surface area contributed by atoms with Crippen molar-refractivity contribution < 1.29 is 9.53 Å². The van der Waals surface area contributed by atoms with Crippen molar-refractivity contribution in [3.05, 3.63) is 62.4 Å². The third-order valence-electron chi connectivity index (χ3n) is 3.48. The number of aromatic nitrogens is 1. The summed E-state index contributed by atoms with van der Waals surface area (Å²) in [5.41, 5.74) is 2.72. The summed E-state index contributed by atoms with van der Waals surface area (Å²) in [6.45, 7) is 0. The zero-order chi connectivity index (χ0) is 17.8. The first-order valence-electron chi connectivity index (χ1n) is 7.39. The molecule has 1 aromatic heterocycles. The predicted molar refractivity (Wildman–Crippen MR) is 108 cm³/mol. The van der Waals surface area contributed by atoms with Crippen LogP contribution in [0.5, 0.6) is 5.75 Å². The second kappa shape index (κ2) is 8.12. The van der Waals surface area contributed by atoms with Gasteiger partial charge in [0.1, 0.15) is 5.75 Å². The lowest BCUT2D eigenvalue weighted by molar-refractivity contribution is -0.115. The first-order chi connectivity index (χ1) is 12.0. The van der Waals surface area contributed by atoms with Gasteiger partial charge in [-0.25, -0.2) is 4.98 Å². The summed E-state index contributed by atoms with van der Waals surface area (Å²) < 4.78 is 7.09. The molecule has 128 valence electrons. The smallest absolute Gasteiger partial charge is 0.230 e. The highest BCUT2D eigenvalue weighted by Gasteiger charge is 2.10. The van der Waals surface area contributed by atoms with Crippen LogP contribution >= 0.6 is 43.2 Å². The normalized spacial score (nSPS) is 10.5. The number of nitrogens with zero attached hydrogens (tertiary/aromatic N) is 1. The maximum absolute atomic E-state index is 12.2. The highest BCUT2D eigenvalue weighted by atomic mass is 79.9. The molecule has 0 atom stereocenters. The van der Waals surface area contributed by atoms with Crippen molar-refractivity contribution in [3.8, 4) is 17.0 Å². The lowest BCUT2D eigenvalue weighted by atomic mass is 10.1. The fourth-order valence-corrected chi connectivity index (χ4v) is 3.78. The minimum absolute atomic E-state index is 0.0841. The number of hydrogen-bond donors (Lipinski definition) is 1. The second-order valence-electron chi connectivity index (χ2n) is 5.24. The van der Waals surface area contributed by atoms with Crippen molar-refractivity contribution in [1.82, 2.24) is 4.98 Å². The van der Waals surface area contributed by atoms with Crippen molar-refractivity contribution in [2.45, 2.75) is 6.42 Å². The van der Waals surface area contributed by atoms with Crippen LogP contribution in [-0.2, 0) is 11.2 Å². The van der Waals surface area contributed by atoms with Crippen molar-refractivity contribution in [2.75, 3.05) is 12.4 Å². The average molecular weight is 482 g/mol. The van der Waals surface area contributed by atoms with Crippen molar-refractivity contribution in [1.29, 1.82) is 0 Å². The number of amides is 1. The van der Waals surface area contributed by atoms with Crippen LogP contribution in [0.1, 0.15) is 5.56 Å².